The van der Waals surface area contributed by atoms with Crippen molar-refractivity contribution < 1.29 is 19.1 Å². The fourth-order valence-electron chi connectivity index (χ4n) is 0.681. The van der Waals surface area contributed by atoms with Crippen LogP contribution >= 0.6 is 0 Å². The van der Waals surface area contributed by atoms with Crippen molar-refractivity contribution in [2.75, 3.05) is 0 Å². The Balaban J connectivity index is 3.43. The highest BCUT2D eigenvalue weighted by Gasteiger charge is 2.04. The molecule has 0 radical (unpaired) electrons. The number of hydrogen-bond donors (Lipinski definition) is 0. The van der Waals surface area contributed by atoms with Gasteiger partial charge in [-0.3, -0.25) is 9.59 Å². The van der Waals surface area contributed by atoms with Gasteiger partial charge in [-0.1, -0.05) is 13.2 Å². The van der Waals surface area contributed by atoms with Crippen molar-refractivity contribution >= 4 is 11.9 Å². The zero-order valence-corrected chi connectivity index (χ0v) is 7.32. The minimum atomic E-state index is -0.401. The molecule has 0 aliphatic carbocycles. The molecule has 4 heteroatoms. The first-order chi connectivity index (χ1) is 6.20. The van der Waals surface area contributed by atoms with Crippen molar-refractivity contribution in [2.45, 2.75) is 19.3 Å². The van der Waals surface area contributed by atoms with Crippen molar-refractivity contribution in [2.24, 2.45) is 0 Å². The van der Waals surface area contributed by atoms with Gasteiger partial charge in [0.15, 0.2) is 0 Å². The van der Waals surface area contributed by atoms with E-state index in [9.17, 15) is 9.59 Å². The van der Waals surface area contributed by atoms with Crippen LogP contribution in [0.25, 0.3) is 0 Å². The molecule has 0 aliphatic heterocycles. The van der Waals surface area contributed by atoms with Crippen LogP contribution in [0, 0.1) is 0 Å². The van der Waals surface area contributed by atoms with Gasteiger partial charge >= 0.3 is 11.9 Å². The van der Waals surface area contributed by atoms with Gasteiger partial charge in [0.25, 0.3) is 0 Å². The first-order valence-corrected chi connectivity index (χ1v) is 3.81. The van der Waals surface area contributed by atoms with Crippen LogP contribution < -0.4 is 0 Å². The lowest BCUT2D eigenvalue weighted by Gasteiger charge is -1.98. The number of rotatable bonds is 6. The van der Waals surface area contributed by atoms with Gasteiger partial charge in [-0.05, 0) is 6.42 Å². The Kier molecular flexibility index (Phi) is 6.23. The zero-order chi connectivity index (χ0) is 10.1. The number of carbonyl (C=O) groups excluding carboxylic acids is 2. The van der Waals surface area contributed by atoms with Crippen molar-refractivity contribution in [3.8, 4) is 0 Å². The van der Waals surface area contributed by atoms with Gasteiger partial charge in [-0.25, -0.2) is 0 Å². The summed E-state index contributed by atoms with van der Waals surface area (Å²) in [6.45, 7) is 6.45. The first-order valence-electron chi connectivity index (χ1n) is 3.81. The summed E-state index contributed by atoms with van der Waals surface area (Å²) in [6.07, 6.45) is 2.88. The average molecular weight is 184 g/mol. The Hall–Kier alpha value is -1.58. The Bertz CT molecular complexity index is 186. The molecule has 0 fully saturated rings. The highest BCUT2D eigenvalue weighted by atomic mass is 16.5. The predicted molar refractivity (Wildman–Crippen MR) is 46.4 cm³/mol. The Morgan fingerprint density at radius 3 is 1.69 bits per heavy atom. The van der Waals surface area contributed by atoms with Crippen LogP contribution in [-0.2, 0) is 19.1 Å². The van der Waals surface area contributed by atoms with Crippen LogP contribution in [0.2, 0.25) is 0 Å². The maximum Gasteiger partial charge on any atom is 0.310 e. The highest BCUT2D eigenvalue weighted by Crippen LogP contribution is 1.99. The van der Waals surface area contributed by atoms with E-state index in [0.717, 1.165) is 12.5 Å². The van der Waals surface area contributed by atoms with Crippen LogP contribution in [0.15, 0.2) is 25.7 Å². The molecule has 0 amide bonds. The molecule has 0 atom stereocenters. The molecule has 0 rings (SSSR count). The maximum atomic E-state index is 10.7. The van der Waals surface area contributed by atoms with Crippen LogP contribution in [-0.4, -0.2) is 11.9 Å². The Labute approximate surface area is 76.8 Å². The van der Waals surface area contributed by atoms with Gasteiger partial charge in [0, 0.05) is 12.8 Å². The quantitative estimate of drug-likeness (QED) is 0.464. The van der Waals surface area contributed by atoms with E-state index in [1.165, 1.54) is 0 Å². The van der Waals surface area contributed by atoms with Crippen molar-refractivity contribution in [3.63, 3.8) is 0 Å². The summed E-state index contributed by atoms with van der Waals surface area (Å²) < 4.78 is 8.87. The van der Waals surface area contributed by atoms with Crippen LogP contribution in [0.1, 0.15) is 19.3 Å². The Morgan fingerprint density at radius 1 is 1.00 bits per heavy atom. The second-order valence-electron chi connectivity index (χ2n) is 2.17. The summed E-state index contributed by atoms with van der Waals surface area (Å²) in [5, 5.41) is 0. The van der Waals surface area contributed by atoms with Gasteiger partial charge in [-0.2, -0.15) is 0 Å². The third-order valence-electron chi connectivity index (χ3n) is 1.19. The van der Waals surface area contributed by atoms with E-state index in [-0.39, 0.29) is 12.8 Å². The third-order valence-corrected chi connectivity index (χ3v) is 1.19. The number of carbonyl (C=O) groups is 2. The fraction of sp³-hybridized carbons (Fsp3) is 0.333. The molecule has 0 aromatic carbocycles. The lowest BCUT2D eigenvalue weighted by atomic mass is 10.2. The van der Waals surface area contributed by atoms with Gasteiger partial charge < -0.3 is 9.47 Å². The van der Waals surface area contributed by atoms with Crippen LogP contribution in [0.5, 0.6) is 0 Å². The lowest BCUT2D eigenvalue weighted by Crippen LogP contribution is -2.03. The summed E-state index contributed by atoms with van der Waals surface area (Å²) in [4.78, 5) is 21.4. The van der Waals surface area contributed by atoms with Gasteiger partial charge in [0.05, 0.1) is 12.5 Å². The van der Waals surface area contributed by atoms with E-state index in [1.807, 2.05) is 0 Å². The van der Waals surface area contributed by atoms with E-state index in [2.05, 4.69) is 22.6 Å². The molecule has 0 unspecified atom stereocenters. The summed E-state index contributed by atoms with van der Waals surface area (Å²) >= 11 is 0. The first kappa shape index (κ1) is 11.4. The number of esters is 2. The molecule has 13 heavy (non-hydrogen) atoms. The molecular weight excluding hydrogens is 172 g/mol. The van der Waals surface area contributed by atoms with Crippen LogP contribution in [0.3, 0.4) is 0 Å². The highest BCUT2D eigenvalue weighted by molar-refractivity contribution is 5.73. The van der Waals surface area contributed by atoms with E-state index in [0.29, 0.717) is 6.42 Å². The molecule has 0 bridgehead atoms. The molecule has 4 nitrogen and oxygen atoms in total. The maximum absolute atomic E-state index is 10.7. The average Bonchev–Trinajstić information content (AvgIpc) is 2.05. The van der Waals surface area contributed by atoms with Crippen molar-refractivity contribution in [3.05, 3.63) is 25.7 Å². The summed E-state index contributed by atoms with van der Waals surface area (Å²) in [5.74, 6) is -0.803. The van der Waals surface area contributed by atoms with Crippen LogP contribution in [0.4, 0.5) is 0 Å². The summed E-state index contributed by atoms with van der Waals surface area (Å²) in [7, 11) is 0. The normalized spacial score (nSPS) is 8.62. The minimum absolute atomic E-state index is 0.179. The molecular formula is C9H12O4. The third kappa shape index (κ3) is 6.80. The molecule has 0 aromatic heterocycles. The lowest BCUT2D eigenvalue weighted by molar-refractivity contribution is -0.139. The van der Waals surface area contributed by atoms with Crippen molar-refractivity contribution in [1.29, 1.82) is 0 Å². The largest absolute Gasteiger partial charge is 0.435 e. The van der Waals surface area contributed by atoms with Gasteiger partial charge in [-0.15, -0.1) is 0 Å². The molecule has 72 valence electrons. The smallest absolute Gasteiger partial charge is 0.310 e. The SMILES string of the molecule is C=COC(=O)CCCC(=O)OC=C. The minimum Gasteiger partial charge on any atom is -0.435 e. The summed E-state index contributed by atoms with van der Waals surface area (Å²) in [5.41, 5.74) is 0. The number of hydrogen-bond acceptors (Lipinski definition) is 4. The molecule has 0 saturated heterocycles. The molecule has 0 aliphatic rings. The monoisotopic (exact) mass is 184 g/mol. The topological polar surface area (TPSA) is 52.6 Å². The van der Waals surface area contributed by atoms with Crippen molar-refractivity contribution in [1.82, 2.24) is 0 Å². The van der Waals surface area contributed by atoms with E-state index in [1.54, 1.807) is 0 Å². The second kappa shape index (κ2) is 7.09. The standard InChI is InChI=1S/C9H12O4/c1-3-12-8(10)6-5-7-9(11)13-4-2/h3-4H,1-2,5-7H2. The second-order valence-corrected chi connectivity index (χ2v) is 2.17. The molecule has 0 N–H and O–H groups in total. The Morgan fingerprint density at radius 2 is 1.38 bits per heavy atom. The van der Waals surface area contributed by atoms with E-state index >= 15 is 0 Å². The molecule has 0 saturated carbocycles. The molecule has 0 aromatic rings. The zero-order valence-electron chi connectivity index (χ0n) is 7.32. The van der Waals surface area contributed by atoms with Gasteiger partial charge in [0.2, 0.25) is 0 Å². The fourth-order valence-corrected chi connectivity index (χ4v) is 0.681. The molecule has 0 spiro atoms. The van der Waals surface area contributed by atoms with Gasteiger partial charge in [0.1, 0.15) is 0 Å². The summed E-state index contributed by atoms with van der Waals surface area (Å²) in [6, 6.07) is 0. The predicted octanol–water partition coefficient (Wildman–Crippen LogP) is 1.53. The van der Waals surface area contributed by atoms with E-state index < -0.39 is 11.9 Å². The number of ether oxygens (including phenoxy) is 2. The molecule has 0 heterocycles. The van der Waals surface area contributed by atoms with E-state index in [4.69, 9.17) is 0 Å².